The Hall–Kier alpha value is -3.05. The molecule has 6 heteroatoms. The van der Waals surface area contributed by atoms with Crippen molar-refractivity contribution < 1.29 is 14.6 Å². The lowest BCUT2D eigenvalue weighted by atomic mass is 10.1. The van der Waals surface area contributed by atoms with Crippen LogP contribution in [0.1, 0.15) is 5.56 Å². The zero-order valence-corrected chi connectivity index (χ0v) is 13.9. The highest BCUT2D eigenvalue weighted by Crippen LogP contribution is 2.25. The summed E-state index contributed by atoms with van der Waals surface area (Å²) in [5.74, 6) is 0.241. The minimum atomic E-state index is -0.411. The van der Waals surface area contributed by atoms with Gasteiger partial charge in [-0.1, -0.05) is 48.0 Å². The molecule has 0 aliphatic carbocycles. The molecule has 5 nitrogen and oxygen atoms in total. The average molecular weight is 355 g/mol. The van der Waals surface area contributed by atoms with E-state index in [1.165, 1.54) is 12.3 Å². The smallest absolute Gasteiger partial charge is 0.277 e. The number of phenols is 1. The van der Waals surface area contributed by atoms with Crippen LogP contribution < -0.4 is 10.2 Å². The van der Waals surface area contributed by atoms with Gasteiger partial charge in [0.25, 0.3) is 5.91 Å². The van der Waals surface area contributed by atoms with E-state index in [9.17, 15) is 9.90 Å². The van der Waals surface area contributed by atoms with Crippen LogP contribution in [0.3, 0.4) is 0 Å². The molecule has 0 aliphatic heterocycles. The fourth-order valence-corrected chi connectivity index (χ4v) is 2.48. The lowest BCUT2D eigenvalue weighted by molar-refractivity contribution is -0.123. The Balaban J connectivity index is 1.59. The van der Waals surface area contributed by atoms with E-state index in [0.717, 1.165) is 10.8 Å². The molecule has 2 N–H and O–H groups in total. The van der Waals surface area contributed by atoms with E-state index < -0.39 is 5.91 Å². The first-order valence-corrected chi connectivity index (χ1v) is 7.92. The van der Waals surface area contributed by atoms with Gasteiger partial charge in [0, 0.05) is 16.0 Å². The summed E-state index contributed by atoms with van der Waals surface area (Å²) in [6.07, 6.45) is 1.32. The lowest BCUT2D eigenvalue weighted by Gasteiger charge is -2.08. The van der Waals surface area contributed by atoms with Gasteiger partial charge in [-0.25, -0.2) is 5.43 Å². The van der Waals surface area contributed by atoms with Crippen molar-refractivity contribution in [2.45, 2.75) is 0 Å². The molecule has 0 saturated heterocycles. The van der Waals surface area contributed by atoms with Gasteiger partial charge in [0.15, 0.2) is 6.61 Å². The number of halogens is 1. The van der Waals surface area contributed by atoms with Crippen molar-refractivity contribution in [3.05, 3.63) is 71.2 Å². The maximum atomic E-state index is 11.9. The Labute approximate surface area is 149 Å². The van der Waals surface area contributed by atoms with Crippen LogP contribution in [0.25, 0.3) is 10.8 Å². The van der Waals surface area contributed by atoms with Crippen molar-refractivity contribution in [3.8, 4) is 11.5 Å². The van der Waals surface area contributed by atoms with Crippen molar-refractivity contribution in [2.24, 2.45) is 5.10 Å². The number of rotatable bonds is 5. The quantitative estimate of drug-likeness (QED) is 0.541. The van der Waals surface area contributed by atoms with Crippen LogP contribution in [-0.4, -0.2) is 23.8 Å². The second kappa shape index (κ2) is 7.68. The number of aromatic hydroxyl groups is 1. The van der Waals surface area contributed by atoms with Gasteiger partial charge in [-0.15, -0.1) is 0 Å². The van der Waals surface area contributed by atoms with E-state index >= 15 is 0 Å². The molecular weight excluding hydrogens is 340 g/mol. The number of hydrazone groups is 1. The molecule has 0 fully saturated rings. The van der Waals surface area contributed by atoms with Crippen molar-refractivity contribution in [3.63, 3.8) is 0 Å². The molecule has 0 bridgehead atoms. The first-order chi connectivity index (χ1) is 12.1. The first-order valence-electron chi connectivity index (χ1n) is 7.54. The number of carbonyl (C=O) groups is 1. The Kier molecular flexibility index (Phi) is 5.16. The number of amides is 1. The number of nitrogens with one attached hydrogen (secondary N) is 1. The Bertz CT molecular complexity index is 936. The van der Waals surface area contributed by atoms with Gasteiger partial charge in [-0.2, -0.15) is 5.10 Å². The maximum Gasteiger partial charge on any atom is 0.277 e. The molecule has 0 heterocycles. The van der Waals surface area contributed by atoms with E-state index in [0.29, 0.717) is 16.3 Å². The maximum absolute atomic E-state index is 11.9. The Morgan fingerprint density at radius 3 is 2.84 bits per heavy atom. The zero-order chi connectivity index (χ0) is 17.6. The summed E-state index contributed by atoms with van der Waals surface area (Å²) >= 11 is 5.84. The summed E-state index contributed by atoms with van der Waals surface area (Å²) in [5.41, 5.74) is 2.75. The molecule has 3 aromatic carbocycles. The van der Waals surface area contributed by atoms with Crippen molar-refractivity contribution in [1.29, 1.82) is 0 Å². The number of nitrogens with zero attached hydrogens (tertiary/aromatic N) is 1. The summed E-state index contributed by atoms with van der Waals surface area (Å²) in [4.78, 5) is 11.9. The van der Waals surface area contributed by atoms with Gasteiger partial charge in [0.1, 0.15) is 11.5 Å². The molecule has 3 rings (SSSR count). The van der Waals surface area contributed by atoms with Crippen molar-refractivity contribution in [1.82, 2.24) is 5.43 Å². The monoisotopic (exact) mass is 354 g/mol. The summed E-state index contributed by atoms with van der Waals surface area (Å²) in [6.45, 7) is -0.174. The molecule has 25 heavy (non-hydrogen) atoms. The highest BCUT2D eigenvalue weighted by molar-refractivity contribution is 6.30. The van der Waals surface area contributed by atoms with Crippen LogP contribution in [-0.2, 0) is 4.79 Å². The molecule has 1 amide bonds. The van der Waals surface area contributed by atoms with Gasteiger partial charge in [-0.3, -0.25) is 4.79 Å². The third-order valence-electron chi connectivity index (χ3n) is 3.49. The molecule has 0 saturated carbocycles. The molecule has 0 aliphatic rings. The molecule has 0 atom stereocenters. The van der Waals surface area contributed by atoms with Crippen LogP contribution in [0, 0.1) is 0 Å². The minimum absolute atomic E-state index is 0.0226. The topological polar surface area (TPSA) is 70.9 Å². The number of ether oxygens (including phenoxy) is 1. The first kappa shape index (κ1) is 16.8. The predicted molar refractivity (Wildman–Crippen MR) is 98.3 cm³/mol. The molecule has 3 aromatic rings. The van der Waals surface area contributed by atoms with Gasteiger partial charge in [-0.05, 0) is 29.7 Å². The molecular formula is C19H15ClN2O3. The second-order valence-electron chi connectivity index (χ2n) is 5.26. The van der Waals surface area contributed by atoms with Crippen molar-refractivity contribution >= 4 is 34.5 Å². The van der Waals surface area contributed by atoms with Crippen LogP contribution in [0.15, 0.2) is 65.8 Å². The molecule has 0 spiro atoms. The number of benzene rings is 3. The van der Waals surface area contributed by atoms with E-state index in [1.807, 2.05) is 42.5 Å². The number of hydrogen-bond donors (Lipinski definition) is 2. The molecule has 0 aromatic heterocycles. The summed E-state index contributed by atoms with van der Waals surface area (Å²) < 4.78 is 5.57. The standard InChI is InChI=1S/C19H15ClN2O3/c20-15-8-9-17(23)14(10-15)11-21-22-19(24)12-25-18-7-3-5-13-4-1-2-6-16(13)18/h1-11,23H,12H2,(H,22,24)/b21-11-. The highest BCUT2D eigenvalue weighted by atomic mass is 35.5. The highest BCUT2D eigenvalue weighted by Gasteiger charge is 2.05. The predicted octanol–water partition coefficient (Wildman–Crippen LogP) is 3.73. The van der Waals surface area contributed by atoms with Gasteiger partial charge in [0.05, 0.1) is 6.21 Å². The third-order valence-corrected chi connectivity index (χ3v) is 3.73. The Morgan fingerprint density at radius 1 is 1.16 bits per heavy atom. The molecule has 0 unspecified atom stereocenters. The van der Waals surface area contributed by atoms with E-state index in [4.69, 9.17) is 16.3 Å². The normalized spacial score (nSPS) is 10.9. The number of phenolic OH excluding ortho intramolecular Hbond substituents is 1. The average Bonchev–Trinajstić information content (AvgIpc) is 2.63. The van der Waals surface area contributed by atoms with Crippen molar-refractivity contribution in [2.75, 3.05) is 6.61 Å². The lowest BCUT2D eigenvalue weighted by Crippen LogP contribution is -2.24. The molecule has 0 radical (unpaired) electrons. The molecule has 126 valence electrons. The summed E-state index contributed by atoms with van der Waals surface area (Å²) in [6, 6.07) is 18.0. The second-order valence-corrected chi connectivity index (χ2v) is 5.70. The minimum Gasteiger partial charge on any atom is -0.507 e. The zero-order valence-electron chi connectivity index (χ0n) is 13.1. The number of fused-ring (bicyclic) bond motifs is 1. The van der Waals surface area contributed by atoms with Crippen LogP contribution in [0.4, 0.5) is 0 Å². The number of hydrogen-bond acceptors (Lipinski definition) is 4. The van der Waals surface area contributed by atoms with E-state index in [-0.39, 0.29) is 12.4 Å². The van der Waals surface area contributed by atoms with E-state index in [1.54, 1.807) is 12.1 Å². The number of carbonyl (C=O) groups excluding carboxylic acids is 1. The largest absolute Gasteiger partial charge is 0.507 e. The van der Waals surface area contributed by atoms with Gasteiger partial charge >= 0.3 is 0 Å². The van der Waals surface area contributed by atoms with Crippen LogP contribution in [0.2, 0.25) is 5.02 Å². The third kappa shape index (κ3) is 4.28. The summed E-state index contributed by atoms with van der Waals surface area (Å²) in [5, 5.41) is 15.9. The van der Waals surface area contributed by atoms with Crippen LogP contribution >= 0.6 is 11.6 Å². The SMILES string of the molecule is O=C(COc1cccc2ccccc12)N/N=C\c1cc(Cl)ccc1O. The Morgan fingerprint density at radius 2 is 1.96 bits per heavy atom. The van der Waals surface area contributed by atoms with E-state index in [2.05, 4.69) is 10.5 Å². The summed E-state index contributed by atoms with van der Waals surface area (Å²) in [7, 11) is 0. The van der Waals surface area contributed by atoms with Gasteiger partial charge < -0.3 is 9.84 Å². The van der Waals surface area contributed by atoms with Crippen LogP contribution in [0.5, 0.6) is 11.5 Å². The fraction of sp³-hybridized carbons (Fsp3) is 0.0526. The van der Waals surface area contributed by atoms with Gasteiger partial charge in [0.2, 0.25) is 0 Å². The fourth-order valence-electron chi connectivity index (χ4n) is 2.30.